The van der Waals surface area contributed by atoms with E-state index < -0.39 is 11.4 Å². The maximum atomic E-state index is 10.9. The van der Waals surface area contributed by atoms with Gasteiger partial charge < -0.3 is 10.2 Å². The van der Waals surface area contributed by atoms with E-state index >= 15 is 0 Å². The van der Waals surface area contributed by atoms with Crippen molar-refractivity contribution in [1.82, 2.24) is 0 Å². The number of halogens is 1. The van der Waals surface area contributed by atoms with Gasteiger partial charge in [0.2, 0.25) is 0 Å². The Morgan fingerprint density at radius 1 is 1.47 bits per heavy atom. The van der Waals surface area contributed by atoms with Crippen molar-refractivity contribution < 1.29 is 15.0 Å². The van der Waals surface area contributed by atoms with E-state index in [0.29, 0.717) is 6.42 Å². The number of aliphatic carboxylic acids is 1. The fourth-order valence-electron chi connectivity index (χ4n) is 1.23. The second kappa shape index (κ2) is 4.23. The lowest BCUT2D eigenvalue weighted by Crippen LogP contribution is -2.26. The average Bonchev–Trinajstić information content (AvgIpc) is 2.09. The lowest BCUT2D eigenvalue weighted by atomic mass is 9.86. The summed E-state index contributed by atoms with van der Waals surface area (Å²) < 4.78 is 0.733. The van der Waals surface area contributed by atoms with E-state index in [4.69, 9.17) is 5.11 Å². The van der Waals surface area contributed by atoms with E-state index in [0.717, 1.165) is 10.0 Å². The molecule has 1 aromatic rings. The molecular formula is C11H13BrO3. The van der Waals surface area contributed by atoms with Crippen LogP contribution in [0.3, 0.4) is 0 Å². The standard InChI is InChI=1S/C11H13BrO3/c1-11(2,10(14)15)6-7-3-4-8(13)5-9(7)12/h3-5,13H,6H2,1-2H3,(H,14,15). The molecule has 2 N–H and O–H groups in total. The second-order valence-electron chi connectivity index (χ2n) is 4.14. The van der Waals surface area contributed by atoms with Crippen molar-refractivity contribution in [3.63, 3.8) is 0 Å². The van der Waals surface area contributed by atoms with Crippen LogP contribution in [0.1, 0.15) is 19.4 Å². The first-order valence-electron chi connectivity index (χ1n) is 4.54. The fourth-order valence-corrected chi connectivity index (χ4v) is 1.74. The second-order valence-corrected chi connectivity index (χ2v) is 5.00. The Hall–Kier alpha value is -1.03. The minimum Gasteiger partial charge on any atom is -0.508 e. The Bertz CT molecular complexity index is 385. The molecule has 0 heterocycles. The Balaban J connectivity index is 2.95. The van der Waals surface area contributed by atoms with Crippen molar-refractivity contribution in [2.75, 3.05) is 0 Å². The smallest absolute Gasteiger partial charge is 0.309 e. The van der Waals surface area contributed by atoms with Gasteiger partial charge in [0.25, 0.3) is 0 Å². The van der Waals surface area contributed by atoms with Gasteiger partial charge in [-0.25, -0.2) is 0 Å². The summed E-state index contributed by atoms with van der Waals surface area (Å²) in [4.78, 5) is 10.9. The van der Waals surface area contributed by atoms with Crippen LogP contribution in [0, 0.1) is 5.41 Å². The maximum absolute atomic E-state index is 10.9. The first-order chi connectivity index (χ1) is 6.83. The topological polar surface area (TPSA) is 57.5 Å². The van der Waals surface area contributed by atoms with Crippen LogP contribution in [0.2, 0.25) is 0 Å². The van der Waals surface area contributed by atoms with Gasteiger partial charge in [0.05, 0.1) is 5.41 Å². The average molecular weight is 273 g/mol. The van der Waals surface area contributed by atoms with Crippen LogP contribution in [0.25, 0.3) is 0 Å². The Morgan fingerprint density at radius 3 is 2.53 bits per heavy atom. The van der Waals surface area contributed by atoms with E-state index in [1.54, 1.807) is 32.0 Å². The zero-order valence-electron chi connectivity index (χ0n) is 8.62. The monoisotopic (exact) mass is 272 g/mol. The number of carboxylic acid groups (broad SMARTS) is 1. The Morgan fingerprint density at radius 2 is 2.07 bits per heavy atom. The van der Waals surface area contributed by atoms with Gasteiger partial charge in [0.1, 0.15) is 5.75 Å². The number of carboxylic acids is 1. The van der Waals surface area contributed by atoms with Crippen LogP contribution in [-0.4, -0.2) is 16.2 Å². The molecule has 0 spiro atoms. The molecule has 3 nitrogen and oxygen atoms in total. The van der Waals surface area contributed by atoms with Crippen molar-refractivity contribution in [3.05, 3.63) is 28.2 Å². The summed E-state index contributed by atoms with van der Waals surface area (Å²) in [5.41, 5.74) is 0.0691. The summed E-state index contributed by atoms with van der Waals surface area (Å²) in [5, 5.41) is 18.2. The molecule has 0 amide bonds. The Kier molecular flexibility index (Phi) is 3.39. The molecule has 0 fully saturated rings. The molecular weight excluding hydrogens is 260 g/mol. The molecule has 0 saturated heterocycles. The van der Waals surface area contributed by atoms with Crippen LogP contribution in [0.4, 0.5) is 0 Å². The summed E-state index contributed by atoms with van der Waals surface area (Å²) in [5.74, 6) is -0.666. The molecule has 0 aliphatic carbocycles. The number of hydrogen-bond acceptors (Lipinski definition) is 2. The van der Waals surface area contributed by atoms with Gasteiger partial charge in [0, 0.05) is 4.47 Å². The third kappa shape index (κ3) is 2.96. The molecule has 1 aromatic carbocycles. The molecule has 0 aliphatic rings. The molecule has 15 heavy (non-hydrogen) atoms. The van der Waals surface area contributed by atoms with Crippen molar-refractivity contribution in [1.29, 1.82) is 0 Å². The van der Waals surface area contributed by atoms with E-state index in [1.807, 2.05) is 0 Å². The molecule has 0 radical (unpaired) electrons. The van der Waals surface area contributed by atoms with E-state index in [9.17, 15) is 9.90 Å². The van der Waals surface area contributed by atoms with Crippen molar-refractivity contribution in [3.8, 4) is 5.75 Å². The molecule has 0 bridgehead atoms. The number of hydrogen-bond donors (Lipinski definition) is 2. The largest absolute Gasteiger partial charge is 0.508 e. The van der Waals surface area contributed by atoms with E-state index in [-0.39, 0.29) is 5.75 Å². The third-order valence-corrected chi connectivity index (χ3v) is 2.99. The van der Waals surface area contributed by atoms with Gasteiger partial charge in [-0.15, -0.1) is 0 Å². The predicted octanol–water partition coefficient (Wildman–Crippen LogP) is 2.81. The first-order valence-corrected chi connectivity index (χ1v) is 5.33. The van der Waals surface area contributed by atoms with Crippen molar-refractivity contribution in [2.24, 2.45) is 5.41 Å². The lowest BCUT2D eigenvalue weighted by Gasteiger charge is -2.19. The van der Waals surface area contributed by atoms with Gasteiger partial charge in [-0.1, -0.05) is 22.0 Å². The van der Waals surface area contributed by atoms with Crippen LogP contribution in [0.15, 0.2) is 22.7 Å². The van der Waals surface area contributed by atoms with Crippen molar-refractivity contribution in [2.45, 2.75) is 20.3 Å². The van der Waals surface area contributed by atoms with E-state index in [2.05, 4.69) is 15.9 Å². The normalized spacial score (nSPS) is 11.4. The summed E-state index contributed by atoms with van der Waals surface area (Å²) in [7, 11) is 0. The van der Waals surface area contributed by atoms with Gasteiger partial charge in [-0.3, -0.25) is 4.79 Å². The number of carbonyl (C=O) groups is 1. The fraction of sp³-hybridized carbons (Fsp3) is 0.364. The summed E-state index contributed by atoms with van der Waals surface area (Å²) in [6.07, 6.45) is 0.420. The number of benzene rings is 1. The number of phenolic OH excluding ortho intramolecular Hbond substituents is 1. The summed E-state index contributed by atoms with van der Waals surface area (Å²) in [6, 6.07) is 4.84. The molecule has 0 atom stereocenters. The van der Waals surface area contributed by atoms with Crippen LogP contribution < -0.4 is 0 Å². The lowest BCUT2D eigenvalue weighted by molar-refractivity contribution is -0.146. The molecule has 0 aromatic heterocycles. The summed E-state index contributed by atoms with van der Waals surface area (Å²) >= 11 is 3.30. The summed E-state index contributed by atoms with van der Waals surface area (Å²) in [6.45, 7) is 3.35. The van der Waals surface area contributed by atoms with Crippen LogP contribution in [0.5, 0.6) is 5.75 Å². The molecule has 4 heteroatoms. The predicted molar refractivity (Wildman–Crippen MR) is 60.9 cm³/mol. The van der Waals surface area contributed by atoms with Gasteiger partial charge >= 0.3 is 5.97 Å². The molecule has 0 unspecified atom stereocenters. The van der Waals surface area contributed by atoms with Gasteiger partial charge in [-0.05, 0) is 38.0 Å². The number of rotatable bonds is 3. The highest BCUT2D eigenvalue weighted by Gasteiger charge is 2.28. The zero-order valence-corrected chi connectivity index (χ0v) is 10.2. The quantitative estimate of drug-likeness (QED) is 0.890. The van der Waals surface area contributed by atoms with Crippen LogP contribution in [-0.2, 0) is 11.2 Å². The van der Waals surface area contributed by atoms with Crippen LogP contribution >= 0.6 is 15.9 Å². The maximum Gasteiger partial charge on any atom is 0.309 e. The molecule has 1 rings (SSSR count). The molecule has 0 aliphatic heterocycles. The first kappa shape index (κ1) is 12.0. The SMILES string of the molecule is CC(C)(Cc1ccc(O)cc1Br)C(=O)O. The number of aromatic hydroxyl groups is 1. The minimum atomic E-state index is -0.831. The van der Waals surface area contributed by atoms with E-state index in [1.165, 1.54) is 0 Å². The number of phenols is 1. The highest BCUT2D eigenvalue weighted by molar-refractivity contribution is 9.10. The Labute approximate surface area is 96.9 Å². The molecule has 0 saturated carbocycles. The zero-order chi connectivity index (χ0) is 11.6. The highest BCUT2D eigenvalue weighted by atomic mass is 79.9. The third-order valence-electron chi connectivity index (χ3n) is 2.25. The molecule has 82 valence electrons. The van der Waals surface area contributed by atoms with Gasteiger partial charge in [0.15, 0.2) is 0 Å². The van der Waals surface area contributed by atoms with Crippen molar-refractivity contribution >= 4 is 21.9 Å². The minimum absolute atomic E-state index is 0.166. The van der Waals surface area contributed by atoms with Gasteiger partial charge in [-0.2, -0.15) is 0 Å². The highest BCUT2D eigenvalue weighted by Crippen LogP contribution is 2.29.